The number of aromatic nitrogens is 2. The van der Waals surface area contributed by atoms with Gasteiger partial charge >= 0.3 is 0 Å². The summed E-state index contributed by atoms with van der Waals surface area (Å²) in [6.45, 7) is 3.83. The standard InChI is InChI=1S/C17H19F2N3O/c1-11-20-16(21-23-11)13-9-17(13)5-7-22(8-6-17)10-12-14(18)3-2-4-15(12)19/h2-4,13H,5-10H2,1H3/t13-/m1/s1. The van der Waals surface area contributed by atoms with Gasteiger partial charge in [-0.05, 0) is 49.9 Å². The van der Waals surface area contributed by atoms with Gasteiger partial charge in [0.1, 0.15) is 11.6 Å². The maximum Gasteiger partial charge on any atom is 0.223 e. The van der Waals surface area contributed by atoms with Gasteiger partial charge in [-0.15, -0.1) is 0 Å². The zero-order valence-electron chi connectivity index (χ0n) is 13.1. The summed E-state index contributed by atoms with van der Waals surface area (Å²) < 4.78 is 32.6. The van der Waals surface area contributed by atoms with Crippen molar-refractivity contribution >= 4 is 0 Å². The molecule has 1 aliphatic heterocycles. The monoisotopic (exact) mass is 319 g/mol. The normalized spacial score (nSPS) is 23.3. The SMILES string of the molecule is Cc1nc([C@H]2CC23CCN(Cc2c(F)cccc2F)CC3)no1. The fraction of sp³-hybridized carbons (Fsp3) is 0.529. The lowest BCUT2D eigenvalue weighted by Crippen LogP contribution is -2.35. The lowest BCUT2D eigenvalue weighted by molar-refractivity contribution is 0.158. The molecule has 1 aromatic carbocycles. The van der Waals surface area contributed by atoms with E-state index in [1.165, 1.54) is 18.2 Å². The predicted molar refractivity (Wildman–Crippen MR) is 79.7 cm³/mol. The molecule has 4 rings (SSSR count). The van der Waals surface area contributed by atoms with E-state index >= 15 is 0 Å². The molecule has 0 bridgehead atoms. The van der Waals surface area contributed by atoms with Crippen LogP contribution in [0, 0.1) is 24.0 Å². The van der Waals surface area contributed by atoms with Crippen LogP contribution in [-0.4, -0.2) is 28.1 Å². The van der Waals surface area contributed by atoms with Crippen molar-refractivity contribution in [2.75, 3.05) is 13.1 Å². The zero-order valence-corrected chi connectivity index (χ0v) is 13.1. The Morgan fingerprint density at radius 3 is 2.57 bits per heavy atom. The van der Waals surface area contributed by atoms with Gasteiger partial charge in [0.2, 0.25) is 5.89 Å². The first-order valence-corrected chi connectivity index (χ1v) is 8.03. The highest BCUT2D eigenvalue weighted by Gasteiger charge is 2.57. The Morgan fingerprint density at radius 2 is 1.96 bits per heavy atom. The van der Waals surface area contributed by atoms with E-state index in [1.54, 1.807) is 6.92 Å². The summed E-state index contributed by atoms with van der Waals surface area (Å²) in [6.07, 6.45) is 3.12. The number of hydrogen-bond acceptors (Lipinski definition) is 4. The Kier molecular flexibility index (Phi) is 3.44. The first-order chi connectivity index (χ1) is 11.1. The van der Waals surface area contributed by atoms with Gasteiger partial charge in [0, 0.05) is 24.9 Å². The molecule has 0 amide bonds. The third-order valence-corrected chi connectivity index (χ3v) is 5.34. The van der Waals surface area contributed by atoms with E-state index in [0.29, 0.717) is 18.4 Å². The van der Waals surface area contributed by atoms with E-state index in [1.807, 2.05) is 0 Å². The minimum Gasteiger partial charge on any atom is -0.340 e. The number of aryl methyl sites for hydroxylation is 1. The molecule has 1 aromatic heterocycles. The summed E-state index contributed by atoms with van der Waals surface area (Å²) in [4.78, 5) is 6.47. The third-order valence-electron chi connectivity index (χ3n) is 5.34. The molecule has 2 aromatic rings. The number of piperidine rings is 1. The van der Waals surface area contributed by atoms with Crippen molar-refractivity contribution < 1.29 is 13.3 Å². The molecule has 0 radical (unpaired) electrons. The summed E-state index contributed by atoms with van der Waals surface area (Å²) in [5.41, 5.74) is 0.435. The molecule has 122 valence electrons. The van der Waals surface area contributed by atoms with Gasteiger partial charge in [-0.25, -0.2) is 8.78 Å². The minimum absolute atomic E-state index is 0.171. The average Bonchev–Trinajstić information content (AvgIpc) is 3.05. The van der Waals surface area contributed by atoms with Gasteiger partial charge in [0.05, 0.1) is 0 Å². The Morgan fingerprint density at radius 1 is 1.26 bits per heavy atom. The smallest absolute Gasteiger partial charge is 0.223 e. The number of nitrogens with zero attached hydrogens (tertiary/aromatic N) is 3. The van der Waals surface area contributed by atoms with Gasteiger partial charge in [-0.2, -0.15) is 4.98 Å². The van der Waals surface area contributed by atoms with Crippen LogP contribution in [0.25, 0.3) is 0 Å². The van der Waals surface area contributed by atoms with Crippen LogP contribution in [0.2, 0.25) is 0 Å². The van der Waals surface area contributed by atoms with E-state index in [4.69, 9.17) is 4.52 Å². The summed E-state index contributed by atoms with van der Waals surface area (Å²) in [5, 5.41) is 4.04. The molecule has 1 saturated heterocycles. The molecule has 2 heterocycles. The zero-order chi connectivity index (χ0) is 16.0. The average molecular weight is 319 g/mol. The second kappa shape index (κ2) is 5.37. The van der Waals surface area contributed by atoms with Crippen molar-refractivity contribution in [1.82, 2.24) is 15.0 Å². The van der Waals surface area contributed by atoms with Gasteiger partial charge in [-0.3, -0.25) is 4.90 Å². The Balaban J connectivity index is 1.39. The molecular formula is C17H19F2N3O. The van der Waals surface area contributed by atoms with E-state index in [0.717, 1.165) is 38.2 Å². The number of benzene rings is 1. The van der Waals surface area contributed by atoms with E-state index < -0.39 is 11.6 Å². The van der Waals surface area contributed by atoms with Gasteiger partial charge in [-0.1, -0.05) is 11.2 Å². The molecule has 0 N–H and O–H groups in total. The quantitative estimate of drug-likeness (QED) is 0.869. The van der Waals surface area contributed by atoms with Gasteiger partial charge < -0.3 is 4.52 Å². The van der Waals surface area contributed by atoms with Gasteiger partial charge in [0.25, 0.3) is 0 Å². The molecule has 1 atom stereocenters. The second-order valence-electron chi connectivity index (χ2n) is 6.77. The van der Waals surface area contributed by atoms with Crippen molar-refractivity contribution in [2.24, 2.45) is 5.41 Å². The highest BCUT2D eigenvalue weighted by molar-refractivity contribution is 5.21. The number of hydrogen-bond donors (Lipinski definition) is 0. The maximum atomic E-state index is 13.8. The van der Waals surface area contributed by atoms with Crippen molar-refractivity contribution in [3.8, 4) is 0 Å². The van der Waals surface area contributed by atoms with Crippen molar-refractivity contribution in [3.05, 3.63) is 47.1 Å². The molecule has 0 unspecified atom stereocenters. The Hall–Kier alpha value is -1.82. The third kappa shape index (κ3) is 2.65. The molecule has 6 heteroatoms. The molecule has 2 fully saturated rings. The van der Waals surface area contributed by atoms with E-state index in [2.05, 4.69) is 15.0 Å². The first kappa shape index (κ1) is 14.8. The molecule has 1 aliphatic carbocycles. The molecule has 1 saturated carbocycles. The highest BCUT2D eigenvalue weighted by Crippen LogP contribution is 2.64. The van der Waals surface area contributed by atoms with Crippen LogP contribution >= 0.6 is 0 Å². The number of likely N-dealkylation sites (tertiary alicyclic amines) is 1. The largest absolute Gasteiger partial charge is 0.340 e. The lowest BCUT2D eigenvalue weighted by atomic mass is 9.90. The summed E-state index contributed by atoms with van der Waals surface area (Å²) in [6, 6.07) is 4.04. The minimum atomic E-state index is -0.461. The van der Waals surface area contributed by atoms with Crippen molar-refractivity contribution in [3.63, 3.8) is 0 Å². The molecular weight excluding hydrogens is 300 g/mol. The molecule has 2 aliphatic rings. The topological polar surface area (TPSA) is 42.2 Å². The van der Waals surface area contributed by atoms with E-state index in [9.17, 15) is 8.78 Å². The molecule has 4 nitrogen and oxygen atoms in total. The predicted octanol–water partition coefficient (Wildman–Crippen LogP) is 3.43. The van der Waals surface area contributed by atoms with Crippen LogP contribution in [0.15, 0.2) is 22.7 Å². The Labute approximate surface area is 133 Å². The lowest BCUT2D eigenvalue weighted by Gasteiger charge is -2.32. The number of rotatable bonds is 3. The molecule has 1 spiro atoms. The fourth-order valence-electron chi connectivity index (χ4n) is 3.79. The summed E-state index contributed by atoms with van der Waals surface area (Å²) in [7, 11) is 0. The van der Waals surface area contributed by atoms with Crippen LogP contribution in [0.1, 0.15) is 42.5 Å². The van der Waals surface area contributed by atoms with Crippen LogP contribution in [0.4, 0.5) is 8.78 Å². The first-order valence-electron chi connectivity index (χ1n) is 8.03. The van der Waals surface area contributed by atoms with Crippen LogP contribution in [0.3, 0.4) is 0 Å². The second-order valence-corrected chi connectivity index (χ2v) is 6.77. The fourth-order valence-corrected chi connectivity index (χ4v) is 3.79. The summed E-state index contributed by atoms with van der Waals surface area (Å²) >= 11 is 0. The van der Waals surface area contributed by atoms with E-state index in [-0.39, 0.29) is 11.0 Å². The van der Waals surface area contributed by atoms with Crippen LogP contribution in [0.5, 0.6) is 0 Å². The molecule has 23 heavy (non-hydrogen) atoms. The van der Waals surface area contributed by atoms with Crippen LogP contribution < -0.4 is 0 Å². The van der Waals surface area contributed by atoms with Crippen LogP contribution in [-0.2, 0) is 6.54 Å². The number of halogens is 2. The highest BCUT2D eigenvalue weighted by atomic mass is 19.1. The van der Waals surface area contributed by atoms with Crippen molar-refractivity contribution in [2.45, 2.75) is 38.6 Å². The van der Waals surface area contributed by atoms with Crippen molar-refractivity contribution in [1.29, 1.82) is 0 Å². The Bertz CT molecular complexity index is 702. The maximum absolute atomic E-state index is 13.8. The summed E-state index contributed by atoms with van der Waals surface area (Å²) in [5.74, 6) is 0.881. The van der Waals surface area contributed by atoms with Gasteiger partial charge in [0.15, 0.2) is 5.82 Å².